The molecular weight excluding hydrogens is 937 g/mol. The Labute approximate surface area is 446 Å². The SMILES string of the molecule is C1=CC(c2ccc3oc4cccc(C5=CCCC(c6cccc7c6oc6ccccc67)=NC(c6ccc(-c7ccccc7)cc6)=N5)c4c3c2)CC(c2ccc3c(c2)C2(c4ccccc4-c4ccccc42)c2ccccc2-3)=C1. The second-order valence-electron chi connectivity index (χ2n) is 20.9. The van der Waals surface area contributed by atoms with Crippen LogP contribution < -0.4 is 0 Å². The first-order valence-electron chi connectivity index (χ1n) is 26.9. The summed E-state index contributed by atoms with van der Waals surface area (Å²) in [5.41, 5.74) is 24.7. The first-order chi connectivity index (χ1) is 38.2. The molecule has 1 aliphatic heterocycles. The predicted octanol–water partition coefficient (Wildman–Crippen LogP) is 18.7. The number of benzene rings is 10. The molecule has 0 radical (unpaired) electrons. The van der Waals surface area contributed by atoms with E-state index in [0.29, 0.717) is 12.3 Å². The van der Waals surface area contributed by atoms with Crippen LogP contribution in [-0.4, -0.2) is 11.5 Å². The third-order valence-corrected chi connectivity index (χ3v) is 16.8. The molecule has 1 unspecified atom stereocenters. The van der Waals surface area contributed by atoms with Gasteiger partial charge in [-0.2, -0.15) is 0 Å². The van der Waals surface area contributed by atoms with Crippen molar-refractivity contribution in [1.29, 1.82) is 0 Å². The molecule has 4 nitrogen and oxygen atoms in total. The van der Waals surface area contributed by atoms with Gasteiger partial charge in [0.1, 0.15) is 22.3 Å². The monoisotopic (exact) mass is 984 g/mol. The highest BCUT2D eigenvalue weighted by Gasteiger charge is 2.51. The summed E-state index contributed by atoms with van der Waals surface area (Å²) in [5, 5.41) is 4.33. The molecule has 3 aliphatic carbocycles. The fraction of sp³-hybridized carbons (Fsp3) is 0.0685. The quantitative estimate of drug-likeness (QED) is 0.167. The van der Waals surface area contributed by atoms with Crippen LogP contribution in [0.2, 0.25) is 0 Å². The van der Waals surface area contributed by atoms with Crippen LogP contribution in [0.1, 0.15) is 75.3 Å². The highest BCUT2D eigenvalue weighted by Crippen LogP contribution is 2.63. The number of fused-ring (bicyclic) bond motifs is 16. The fourth-order valence-electron chi connectivity index (χ4n) is 13.3. The fourth-order valence-corrected chi connectivity index (χ4v) is 13.3. The van der Waals surface area contributed by atoms with Gasteiger partial charge in [0.25, 0.3) is 0 Å². The molecule has 12 aromatic rings. The maximum Gasteiger partial charge on any atom is 0.160 e. The Morgan fingerprint density at radius 2 is 1.04 bits per heavy atom. The van der Waals surface area contributed by atoms with E-state index in [1.807, 2.05) is 12.1 Å². The Morgan fingerprint density at radius 1 is 0.429 bits per heavy atom. The van der Waals surface area contributed by atoms with Gasteiger partial charge < -0.3 is 8.83 Å². The molecule has 1 spiro atoms. The van der Waals surface area contributed by atoms with Gasteiger partial charge in [0.2, 0.25) is 0 Å². The standard InChI is InChI=1S/C73H48N2O2/c1-2-16-45(17-3-1)46-34-36-47(37-35-46)72-74-65(30-15-31-66(75-72)59-26-13-24-57-56-23-7-11-32-67(56)77-71(57)59)58-25-14-33-69-70(58)60-43-50(39-41-68(60)76-69)48-18-12-19-49(42-48)51-38-40-55-54-22-6-10-29-63(54)73(64(55)44-51)61-27-8-4-20-52(61)53-21-5-9-28-62(53)73/h1-14,16-30,32-41,43-44,48H,15,31,42H2. The molecule has 0 amide bonds. The molecule has 362 valence electrons. The van der Waals surface area contributed by atoms with Crippen molar-refractivity contribution < 1.29 is 8.83 Å². The summed E-state index contributed by atoms with van der Waals surface area (Å²) < 4.78 is 13.3. The summed E-state index contributed by atoms with van der Waals surface area (Å²) in [6.45, 7) is 0. The smallest absolute Gasteiger partial charge is 0.160 e. The van der Waals surface area contributed by atoms with Crippen LogP contribution in [0.3, 0.4) is 0 Å². The van der Waals surface area contributed by atoms with Gasteiger partial charge in [-0.1, -0.05) is 212 Å². The zero-order valence-corrected chi connectivity index (χ0v) is 42.1. The topological polar surface area (TPSA) is 51.0 Å². The number of hydrogen-bond donors (Lipinski definition) is 0. The number of nitrogens with zero attached hydrogens (tertiary/aromatic N) is 2. The Bertz CT molecular complexity index is 4530. The molecule has 4 aliphatic rings. The van der Waals surface area contributed by atoms with E-state index in [1.165, 1.54) is 66.8 Å². The molecule has 0 fully saturated rings. The van der Waals surface area contributed by atoms with E-state index in [1.54, 1.807) is 0 Å². The van der Waals surface area contributed by atoms with Crippen molar-refractivity contribution in [1.82, 2.24) is 0 Å². The van der Waals surface area contributed by atoms with Gasteiger partial charge in [-0.25, -0.2) is 9.98 Å². The minimum absolute atomic E-state index is 0.164. The van der Waals surface area contributed by atoms with Gasteiger partial charge in [0, 0.05) is 44.2 Å². The van der Waals surface area contributed by atoms with Crippen LogP contribution in [-0.2, 0) is 5.41 Å². The molecule has 77 heavy (non-hydrogen) atoms. The zero-order valence-electron chi connectivity index (χ0n) is 42.1. The van der Waals surface area contributed by atoms with Gasteiger partial charge in [-0.15, -0.1) is 0 Å². The van der Waals surface area contributed by atoms with E-state index < -0.39 is 0 Å². The molecule has 10 aromatic carbocycles. The summed E-state index contributed by atoms with van der Waals surface area (Å²) in [7, 11) is 0. The van der Waals surface area contributed by atoms with Crippen molar-refractivity contribution >= 4 is 66.7 Å². The Morgan fingerprint density at radius 3 is 1.83 bits per heavy atom. The number of furan rings is 2. The molecule has 0 bridgehead atoms. The van der Waals surface area contributed by atoms with E-state index >= 15 is 0 Å². The average molecular weight is 985 g/mol. The van der Waals surface area contributed by atoms with Crippen LogP contribution in [0.15, 0.2) is 268 Å². The zero-order chi connectivity index (χ0) is 50.6. The summed E-state index contributed by atoms with van der Waals surface area (Å²) in [5.74, 6) is 0.815. The molecular formula is C73H48N2O2. The molecule has 4 heteroatoms. The summed E-state index contributed by atoms with van der Waals surface area (Å²) in [6.07, 6.45) is 11.5. The summed E-state index contributed by atoms with van der Waals surface area (Å²) >= 11 is 0. The van der Waals surface area contributed by atoms with Crippen molar-refractivity contribution in [2.45, 2.75) is 30.6 Å². The van der Waals surface area contributed by atoms with Crippen molar-refractivity contribution in [3.05, 3.63) is 299 Å². The molecule has 0 saturated carbocycles. The van der Waals surface area contributed by atoms with Crippen molar-refractivity contribution in [2.24, 2.45) is 9.98 Å². The molecule has 0 N–H and O–H groups in total. The third-order valence-electron chi connectivity index (χ3n) is 16.8. The number of para-hydroxylation sites is 2. The second kappa shape index (κ2) is 17.2. The van der Waals surface area contributed by atoms with Gasteiger partial charge in [0.05, 0.1) is 16.8 Å². The van der Waals surface area contributed by atoms with Crippen LogP contribution in [0.25, 0.3) is 88.5 Å². The third kappa shape index (κ3) is 6.71. The Kier molecular flexibility index (Phi) is 9.77. The lowest BCUT2D eigenvalue weighted by Crippen LogP contribution is -2.26. The first kappa shape index (κ1) is 43.7. The molecule has 0 saturated heterocycles. The van der Waals surface area contributed by atoms with Crippen LogP contribution in [0, 0.1) is 0 Å². The van der Waals surface area contributed by atoms with E-state index in [-0.39, 0.29) is 11.3 Å². The minimum atomic E-state index is -0.382. The lowest BCUT2D eigenvalue weighted by Gasteiger charge is -2.31. The number of aliphatic imine (C=N–C) groups is 2. The molecule has 16 rings (SSSR count). The molecule has 1 atom stereocenters. The lowest BCUT2D eigenvalue weighted by atomic mass is 9.70. The highest BCUT2D eigenvalue weighted by molar-refractivity contribution is 6.20. The Hall–Kier alpha value is -9.64. The van der Waals surface area contributed by atoms with Crippen molar-refractivity contribution in [3.63, 3.8) is 0 Å². The normalized spacial score (nSPS) is 16.1. The van der Waals surface area contributed by atoms with Crippen molar-refractivity contribution in [2.75, 3.05) is 0 Å². The van der Waals surface area contributed by atoms with Gasteiger partial charge in [-0.05, 0) is 128 Å². The maximum absolute atomic E-state index is 6.70. The van der Waals surface area contributed by atoms with Crippen LogP contribution in [0.5, 0.6) is 0 Å². The predicted molar refractivity (Wildman–Crippen MR) is 317 cm³/mol. The first-order valence-corrected chi connectivity index (χ1v) is 26.9. The average Bonchev–Trinajstić information content (AvgIpc) is 4.24. The van der Waals surface area contributed by atoms with Gasteiger partial charge in [-0.3, -0.25) is 0 Å². The number of rotatable bonds is 6. The van der Waals surface area contributed by atoms with Gasteiger partial charge >= 0.3 is 0 Å². The minimum Gasteiger partial charge on any atom is -0.456 e. The van der Waals surface area contributed by atoms with E-state index in [4.69, 9.17) is 18.8 Å². The van der Waals surface area contributed by atoms with Crippen LogP contribution >= 0.6 is 0 Å². The molecule has 3 heterocycles. The number of amidine groups is 1. The highest BCUT2D eigenvalue weighted by atomic mass is 16.3. The van der Waals surface area contributed by atoms with Crippen LogP contribution in [0.4, 0.5) is 0 Å². The number of hydrogen-bond acceptors (Lipinski definition) is 4. The summed E-state index contributed by atoms with van der Waals surface area (Å²) in [4.78, 5) is 11.1. The van der Waals surface area contributed by atoms with Gasteiger partial charge in [0.15, 0.2) is 5.84 Å². The lowest BCUT2D eigenvalue weighted by molar-refractivity contribution is 0.667. The van der Waals surface area contributed by atoms with E-state index in [2.05, 4.69) is 237 Å². The number of allylic oxidation sites excluding steroid dienone is 5. The van der Waals surface area contributed by atoms with E-state index in [0.717, 1.165) is 90.4 Å². The molecule has 2 aromatic heterocycles. The summed E-state index contributed by atoms with van der Waals surface area (Å²) in [6, 6.07) is 81.3. The Balaban J connectivity index is 0.778. The van der Waals surface area contributed by atoms with E-state index in [9.17, 15) is 0 Å². The largest absolute Gasteiger partial charge is 0.456 e. The van der Waals surface area contributed by atoms with Crippen molar-refractivity contribution in [3.8, 4) is 33.4 Å². The second-order valence-corrected chi connectivity index (χ2v) is 20.9. The maximum atomic E-state index is 6.70.